The van der Waals surface area contributed by atoms with Gasteiger partial charge in [-0.15, -0.1) is 0 Å². The van der Waals surface area contributed by atoms with E-state index in [1.807, 2.05) is 24.5 Å². The Morgan fingerprint density at radius 2 is 2.00 bits per heavy atom. The van der Waals surface area contributed by atoms with Gasteiger partial charge in [-0.2, -0.15) is 10.4 Å². The molecule has 3 aromatic heterocycles. The minimum atomic E-state index is 0.284. The molecule has 0 aliphatic heterocycles. The molecule has 0 spiro atoms. The van der Waals surface area contributed by atoms with Crippen LogP contribution >= 0.6 is 0 Å². The number of nitrogens with one attached hydrogen (secondary N) is 2. The van der Waals surface area contributed by atoms with E-state index >= 15 is 0 Å². The van der Waals surface area contributed by atoms with Gasteiger partial charge in [0.15, 0.2) is 11.5 Å². The molecule has 1 fully saturated rings. The lowest BCUT2D eigenvalue weighted by Crippen LogP contribution is -2.03. The minimum Gasteiger partial charge on any atom is -0.322 e. The van der Waals surface area contributed by atoms with Crippen LogP contribution in [0.1, 0.15) is 42.5 Å². The standard InChI is InChI=1S/C20H21N7/c1-13-9-22-10-15(6-14-4-2-3-5-14)20(13)17-7-18(27-26-17)25-19-12-23-16(8-21)11-24-19/h7,9-12,14H,2-6H2,1H3,(H2,24,25,26,27). The van der Waals surface area contributed by atoms with Gasteiger partial charge >= 0.3 is 0 Å². The van der Waals surface area contributed by atoms with Crippen LogP contribution in [0, 0.1) is 24.2 Å². The van der Waals surface area contributed by atoms with Gasteiger partial charge in [0.2, 0.25) is 0 Å². The van der Waals surface area contributed by atoms with Crippen LogP contribution in [-0.2, 0) is 6.42 Å². The van der Waals surface area contributed by atoms with Gasteiger partial charge in [-0.05, 0) is 30.4 Å². The second kappa shape index (κ2) is 7.54. The summed E-state index contributed by atoms with van der Waals surface area (Å²) in [6.07, 6.45) is 13.2. The third-order valence-electron chi connectivity index (χ3n) is 5.07. The zero-order chi connectivity index (χ0) is 18.6. The second-order valence-electron chi connectivity index (χ2n) is 7.04. The van der Waals surface area contributed by atoms with Crippen molar-refractivity contribution in [2.24, 2.45) is 5.92 Å². The molecule has 0 amide bonds. The first kappa shape index (κ1) is 17.2. The Morgan fingerprint density at radius 1 is 1.15 bits per heavy atom. The molecule has 1 aliphatic rings. The Morgan fingerprint density at radius 3 is 2.74 bits per heavy atom. The number of hydrogen-bond donors (Lipinski definition) is 2. The number of aryl methyl sites for hydroxylation is 1. The van der Waals surface area contributed by atoms with Gasteiger partial charge in [-0.3, -0.25) is 10.1 Å². The molecule has 136 valence electrons. The normalized spacial score (nSPS) is 14.2. The topological polar surface area (TPSA) is 103 Å². The van der Waals surface area contributed by atoms with E-state index in [2.05, 4.69) is 37.4 Å². The van der Waals surface area contributed by atoms with Crippen molar-refractivity contribution in [2.45, 2.75) is 39.0 Å². The van der Waals surface area contributed by atoms with Crippen molar-refractivity contribution in [2.75, 3.05) is 5.32 Å². The van der Waals surface area contributed by atoms with Crippen LogP contribution in [0.25, 0.3) is 11.3 Å². The van der Waals surface area contributed by atoms with Crippen LogP contribution in [0.2, 0.25) is 0 Å². The number of nitrogens with zero attached hydrogens (tertiary/aromatic N) is 5. The van der Waals surface area contributed by atoms with Crippen molar-refractivity contribution in [1.82, 2.24) is 25.1 Å². The molecule has 27 heavy (non-hydrogen) atoms. The van der Waals surface area contributed by atoms with Crippen molar-refractivity contribution < 1.29 is 0 Å². The number of pyridine rings is 1. The summed E-state index contributed by atoms with van der Waals surface area (Å²) < 4.78 is 0. The molecule has 2 N–H and O–H groups in total. The first-order chi connectivity index (χ1) is 13.2. The van der Waals surface area contributed by atoms with Gasteiger partial charge in [-0.25, -0.2) is 9.97 Å². The molecule has 0 bridgehead atoms. The highest BCUT2D eigenvalue weighted by Gasteiger charge is 2.19. The van der Waals surface area contributed by atoms with Crippen LogP contribution in [0.4, 0.5) is 11.6 Å². The Balaban J connectivity index is 1.58. The molecule has 0 unspecified atom stereocenters. The fourth-order valence-electron chi connectivity index (χ4n) is 3.78. The lowest BCUT2D eigenvalue weighted by molar-refractivity contribution is 0.546. The zero-order valence-corrected chi connectivity index (χ0v) is 15.2. The molecule has 3 aromatic rings. The van der Waals surface area contributed by atoms with Gasteiger partial charge in [0.05, 0.1) is 18.1 Å². The fraction of sp³-hybridized carbons (Fsp3) is 0.350. The molecule has 1 aliphatic carbocycles. The predicted octanol–water partition coefficient (Wildman–Crippen LogP) is 3.92. The van der Waals surface area contributed by atoms with Gasteiger partial charge in [0, 0.05) is 24.0 Å². The van der Waals surface area contributed by atoms with Gasteiger partial charge < -0.3 is 5.32 Å². The third kappa shape index (κ3) is 3.80. The highest BCUT2D eigenvalue weighted by atomic mass is 15.2. The summed E-state index contributed by atoms with van der Waals surface area (Å²) in [6, 6.07) is 3.93. The van der Waals surface area contributed by atoms with E-state index in [1.54, 1.807) is 0 Å². The van der Waals surface area contributed by atoms with Gasteiger partial charge in [0.1, 0.15) is 11.9 Å². The number of aromatic nitrogens is 5. The van der Waals surface area contributed by atoms with Gasteiger partial charge in [0.25, 0.3) is 0 Å². The molecule has 0 atom stereocenters. The largest absolute Gasteiger partial charge is 0.322 e. The fourth-order valence-corrected chi connectivity index (χ4v) is 3.78. The van der Waals surface area contributed by atoms with Crippen molar-refractivity contribution >= 4 is 11.6 Å². The van der Waals surface area contributed by atoms with Crippen LogP contribution in [0.5, 0.6) is 0 Å². The molecule has 7 heteroatoms. The summed E-state index contributed by atoms with van der Waals surface area (Å²) in [6.45, 7) is 2.08. The minimum absolute atomic E-state index is 0.284. The Labute approximate surface area is 157 Å². The van der Waals surface area contributed by atoms with E-state index in [4.69, 9.17) is 5.26 Å². The number of rotatable bonds is 5. The Hall–Kier alpha value is -3.27. The summed E-state index contributed by atoms with van der Waals surface area (Å²) in [5.41, 5.74) is 4.84. The number of anilines is 2. The average Bonchev–Trinajstić information content (AvgIpc) is 3.35. The van der Waals surface area contributed by atoms with E-state index in [0.717, 1.165) is 23.6 Å². The van der Waals surface area contributed by atoms with Crippen molar-refractivity contribution in [3.8, 4) is 17.3 Å². The van der Waals surface area contributed by atoms with Crippen LogP contribution in [0.3, 0.4) is 0 Å². The third-order valence-corrected chi connectivity index (χ3v) is 5.07. The van der Waals surface area contributed by atoms with Crippen molar-refractivity contribution in [3.63, 3.8) is 0 Å². The maximum absolute atomic E-state index is 8.81. The van der Waals surface area contributed by atoms with Gasteiger partial charge in [-0.1, -0.05) is 25.7 Å². The number of nitriles is 1. The summed E-state index contributed by atoms with van der Waals surface area (Å²) in [7, 11) is 0. The zero-order valence-electron chi connectivity index (χ0n) is 15.2. The summed E-state index contributed by atoms with van der Waals surface area (Å²) in [4.78, 5) is 12.6. The van der Waals surface area contributed by atoms with E-state index in [-0.39, 0.29) is 5.69 Å². The molecule has 0 radical (unpaired) electrons. The first-order valence-electron chi connectivity index (χ1n) is 9.21. The van der Waals surface area contributed by atoms with E-state index < -0.39 is 0 Å². The van der Waals surface area contributed by atoms with Crippen LogP contribution < -0.4 is 5.32 Å². The Bertz CT molecular complexity index is 963. The van der Waals surface area contributed by atoms with E-state index in [1.165, 1.54) is 49.2 Å². The lowest BCUT2D eigenvalue weighted by Gasteiger charge is -2.14. The molecule has 3 heterocycles. The maximum Gasteiger partial charge on any atom is 0.158 e. The summed E-state index contributed by atoms with van der Waals surface area (Å²) in [5.74, 6) is 1.96. The molecule has 0 saturated heterocycles. The molecule has 1 saturated carbocycles. The monoisotopic (exact) mass is 359 g/mol. The average molecular weight is 359 g/mol. The summed E-state index contributed by atoms with van der Waals surface area (Å²) >= 11 is 0. The Kier molecular flexibility index (Phi) is 4.79. The first-order valence-corrected chi connectivity index (χ1v) is 9.21. The smallest absolute Gasteiger partial charge is 0.158 e. The van der Waals surface area contributed by atoms with Crippen molar-refractivity contribution in [3.05, 3.63) is 47.7 Å². The molecule has 0 aromatic carbocycles. The van der Waals surface area contributed by atoms with Crippen molar-refractivity contribution in [1.29, 1.82) is 5.26 Å². The molecular formula is C20H21N7. The molecule has 7 nitrogen and oxygen atoms in total. The lowest BCUT2D eigenvalue weighted by atomic mass is 9.93. The van der Waals surface area contributed by atoms with E-state index in [9.17, 15) is 0 Å². The van der Waals surface area contributed by atoms with Crippen LogP contribution in [-0.4, -0.2) is 25.1 Å². The SMILES string of the molecule is Cc1cncc(CC2CCCC2)c1-c1cc(Nc2cnc(C#N)cn2)n[nH]1. The molecule has 4 rings (SSSR count). The highest BCUT2D eigenvalue weighted by Crippen LogP contribution is 2.33. The van der Waals surface area contributed by atoms with E-state index in [0.29, 0.717) is 11.6 Å². The molecular weight excluding hydrogens is 338 g/mol. The quantitative estimate of drug-likeness (QED) is 0.716. The number of H-pyrrole nitrogens is 1. The van der Waals surface area contributed by atoms with Crippen LogP contribution in [0.15, 0.2) is 30.9 Å². The number of aromatic amines is 1. The maximum atomic E-state index is 8.81. The summed E-state index contributed by atoms with van der Waals surface area (Å²) in [5, 5.41) is 19.4. The predicted molar refractivity (Wildman–Crippen MR) is 102 cm³/mol. The second-order valence-corrected chi connectivity index (χ2v) is 7.04. The highest BCUT2D eigenvalue weighted by molar-refractivity contribution is 5.70. The number of hydrogen-bond acceptors (Lipinski definition) is 6.